The average molecular weight is 275 g/mol. The Balaban J connectivity index is 2.11. The van der Waals surface area contributed by atoms with Crippen LogP contribution in [0.1, 0.15) is 24.8 Å². The molecule has 0 aliphatic carbocycles. The molecular weight excluding hydrogens is 258 g/mol. The molecule has 2 rings (SSSR count). The van der Waals surface area contributed by atoms with Gasteiger partial charge in [0, 0.05) is 12.1 Å². The van der Waals surface area contributed by atoms with Gasteiger partial charge in [-0.2, -0.15) is 5.26 Å². The molecule has 1 aromatic rings. The van der Waals surface area contributed by atoms with Gasteiger partial charge in [0.1, 0.15) is 18.4 Å². The second-order valence-electron chi connectivity index (χ2n) is 4.96. The van der Waals surface area contributed by atoms with Crippen molar-refractivity contribution < 1.29 is 9.66 Å². The number of nitriles is 1. The number of nitro groups is 1. The Morgan fingerprint density at radius 2 is 2.35 bits per heavy atom. The van der Waals surface area contributed by atoms with Crippen molar-refractivity contribution in [2.24, 2.45) is 0 Å². The van der Waals surface area contributed by atoms with Crippen molar-refractivity contribution in [1.29, 1.82) is 5.26 Å². The third kappa shape index (κ3) is 3.06. The lowest BCUT2D eigenvalue weighted by Crippen LogP contribution is -2.40. The van der Waals surface area contributed by atoms with E-state index < -0.39 is 4.92 Å². The van der Waals surface area contributed by atoms with Gasteiger partial charge in [0.15, 0.2) is 5.56 Å². The van der Waals surface area contributed by atoms with E-state index in [0.29, 0.717) is 18.4 Å². The van der Waals surface area contributed by atoms with Crippen LogP contribution in [0.25, 0.3) is 0 Å². The number of rotatable bonds is 4. The molecule has 106 valence electrons. The van der Waals surface area contributed by atoms with Crippen LogP contribution in [0.5, 0.6) is 5.75 Å². The molecule has 6 heteroatoms. The van der Waals surface area contributed by atoms with Crippen LogP contribution >= 0.6 is 0 Å². The maximum Gasteiger partial charge on any atom is 0.290 e. The minimum absolute atomic E-state index is 0.00374. The molecule has 1 aromatic carbocycles. The van der Waals surface area contributed by atoms with Gasteiger partial charge in [-0.25, -0.2) is 0 Å². The number of benzene rings is 1. The summed E-state index contributed by atoms with van der Waals surface area (Å²) in [4.78, 5) is 12.6. The molecule has 1 unspecified atom stereocenters. The number of likely N-dealkylation sites (N-methyl/N-ethyl adjacent to an activating group) is 1. The Hall–Kier alpha value is -2.13. The lowest BCUT2D eigenvalue weighted by atomic mass is 10.0. The van der Waals surface area contributed by atoms with E-state index in [1.807, 2.05) is 13.1 Å². The van der Waals surface area contributed by atoms with Crippen molar-refractivity contribution in [2.45, 2.75) is 25.3 Å². The van der Waals surface area contributed by atoms with Gasteiger partial charge in [-0.15, -0.1) is 0 Å². The second-order valence-corrected chi connectivity index (χ2v) is 4.96. The summed E-state index contributed by atoms with van der Waals surface area (Å²) in [6, 6.07) is 6.63. The summed E-state index contributed by atoms with van der Waals surface area (Å²) in [6.45, 7) is 1.49. The van der Waals surface area contributed by atoms with Crippen molar-refractivity contribution in [3.63, 3.8) is 0 Å². The minimum atomic E-state index is -0.557. The maximum atomic E-state index is 10.9. The summed E-state index contributed by atoms with van der Waals surface area (Å²) >= 11 is 0. The molecule has 0 saturated carbocycles. The highest BCUT2D eigenvalue weighted by atomic mass is 16.6. The zero-order chi connectivity index (χ0) is 14.5. The molecule has 20 heavy (non-hydrogen) atoms. The number of nitrogens with zero attached hydrogens (tertiary/aromatic N) is 3. The Morgan fingerprint density at radius 3 is 3.00 bits per heavy atom. The zero-order valence-corrected chi connectivity index (χ0v) is 11.4. The van der Waals surface area contributed by atoms with Gasteiger partial charge in [-0.1, -0.05) is 12.5 Å². The zero-order valence-electron chi connectivity index (χ0n) is 11.4. The first kappa shape index (κ1) is 14.3. The fourth-order valence-electron chi connectivity index (χ4n) is 2.45. The second kappa shape index (κ2) is 6.35. The highest BCUT2D eigenvalue weighted by Gasteiger charge is 2.22. The number of ether oxygens (including phenoxy) is 1. The van der Waals surface area contributed by atoms with Crippen molar-refractivity contribution in [3.8, 4) is 11.8 Å². The van der Waals surface area contributed by atoms with Crippen molar-refractivity contribution in [2.75, 3.05) is 20.2 Å². The molecule has 1 aliphatic rings. The van der Waals surface area contributed by atoms with E-state index in [1.54, 1.807) is 12.1 Å². The summed E-state index contributed by atoms with van der Waals surface area (Å²) in [5.74, 6) is 0.292. The van der Waals surface area contributed by atoms with Gasteiger partial charge >= 0.3 is 0 Å². The third-order valence-electron chi connectivity index (χ3n) is 3.67. The number of nitro benzene ring substituents is 1. The molecule has 0 radical (unpaired) electrons. The van der Waals surface area contributed by atoms with Gasteiger partial charge in [0.05, 0.1) is 4.92 Å². The Kier molecular flexibility index (Phi) is 4.53. The van der Waals surface area contributed by atoms with E-state index in [-0.39, 0.29) is 11.3 Å². The van der Waals surface area contributed by atoms with E-state index in [4.69, 9.17) is 10.00 Å². The summed E-state index contributed by atoms with van der Waals surface area (Å²) in [7, 11) is 2.05. The molecule has 0 N–H and O–H groups in total. The first-order valence-electron chi connectivity index (χ1n) is 6.64. The van der Waals surface area contributed by atoms with E-state index in [2.05, 4.69) is 4.90 Å². The Labute approximate surface area is 117 Å². The van der Waals surface area contributed by atoms with Crippen LogP contribution < -0.4 is 4.74 Å². The van der Waals surface area contributed by atoms with Crippen LogP contribution in [0.4, 0.5) is 5.69 Å². The van der Waals surface area contributed by atoms with Crippen LogP contribution in [0, 0.1) is 21.4 Å². The summed E-state index contributed by atoms with van der Waals surface area (Å²) in [5.41, 5.74) is -0.210. The Morgan fingerprint density at radius 1 is 1.55 bits per heavy atom. The van der Waals surface area contributed by atoms with E-state index in [0.717, 1.165) is 13.0 Å². The highest BCUT2D eigenvalue weighted by molar-refractivity contribution is 5.56. The molecule has 0 aromatic heterocycles. The summed E-state index contributed by atoms with van der Waals surface area (Å²) < 4.78 is 5.66. The van der Waals surface area contributed by atoms with Gasteiger partial charge in [-0.05, 0) is 32.5 Å². The molecule has 1 fully saturated rings. The predicted molar refractivity (Wildman–Crippen MR) is 73.6 cm³/mol. The smallest absolute Gasteiger partial charge is 0.290 e. The molecule has 1 atom stereocenters. The SMILES string of the molecule is CN1CCCCC1COc1cccc([N+](=O)[O-])c1C#N. The number of likely N-dealkylation sites (tertiary alicyclic amines) is 1. The molecule has 6 nitrogen and oxygen atoms in total. The van der Waals surface area contributed by atoms with Crippen molar-refractivity contribution in [3.05, 3.63) is 33.9 Å². The topological polar surface area (TPSA) is 79.4 Å². The predicted octanol–water partition coefficient (Wildman–Crippen LogP) is 2.33. The standard InChI is InChI=1S/C14H17N3O3/c1-16-8-3-2-5-11(16)10-20-14-7-4-6-13(17(18)19)12(14)9-15/h4,6-7,11H,2-3,5,8,10H2,1H3. The third-order valence-corrected chi connectivity index (χ3v) is 3.67. The molecule has 1 aliphatic heterocycles. The molecule has 1 saturated heterocycles. The molecule has 1 heterocycles. The van der Waals surface area contributed by atoms with E-state index in [9.17, 15) is 10.1 Å². The largest absolute Gasteiger partial charge is 0.490 e. The lowest BCUT2D eigenvalue weighted by Gasteiger charge is -2.32. The summed E-state index contributed by atoms with van der Waals surface area (Å²) in [5, 5.41) is 20.0. The molecule has 0 bridgehead atoms. The number of piperidine rings is 1. The highest BCUT2D eigenvalue weighted by Crippen LogP contribution is 2.28. The van der Waals surface area contributed by atoms with Gasteiger partial charge in [0.25, 0.3) is 5.69 Å². The quantitative estimate of drug-likeness (QED) is 0.622. The monoisotopic (exact) mass is 275 g/mol. The van der Waals surface area contributed by atoms with Crippen LogP contribution in [-0.2, 0) is 0 Å². The fourth-order valence-corrected chi connectivity index (χ4v) is 2.45. The lowest BCUT2D eigenvalue weighted by molar-refractivity contribution is -0.385. The van der Waals surface area contributed by atoms with Crippen molar-refractivity contribution in [1.82, 2.24) is 4.90 Å². The number of hydrogen-bond acceptors (Lipinski definition) is 5. The fraction of sp³-hybridized carbons (Fsp3) is 0.500. The maximum absolute atomic E-state index is 10.9. The van der Waals surface area contributed by atoms with Gasteiger partial charge in [-0.3, -0.25) is 10.1 Å². The molecular formula is C14H17N3O3. The Bertz CT molecular complexity index is 539. The first-order chi connectivity index (χ1) is 9.63. The van der Waals surface area contributed by atoms with E-state index in [1.165, 1.54) is 18.9 Å². The summed E-state index contributed by atoms with van der Waals surface area (Å²) in [6.07, 6.45) is 3.40. The van der Waals surface area contributed by atoms with E-state index >= 15 is 0 Å². The number of hydrogen-bond donors (Lipinski definition) is 0. The van der Waals surface area contributed by atoms with Gasteiger partial charge < -0.3 is 9.64 Å². The van der Waals surface area contributed by atoms with Crippen LogP contribution in [-0.4, -0.2) is 36.1 Å². The molecule has 0 spiro atoms. The van der Waals surface area contributed by atoms with Crippen LogP contribution in [0.2, 0.25) is 0 Å². The minimum Gasteiger partial charge on any atom is -0.490 e. The normalized spacial score (nSPS) is 19.3. The van der Waals surface area contributed by atoms with Crippen LogP contribution in [0.3, 0.4) is 0 Å². The van der Waals surface area contributed by atoms with Crippen LogP contribution in [0.15, 0.2) is 18.2 Å². The average Bonchev–Trinajstić information content (AvgIpc) is 2.45. The van der Waals surface area contributed by atoms with Gasteiger partial charge in [0.2, 0.25) is 0 Å². The first-order valence-corrected chi connectivity index (χ1v) is 6.64. The van der Waals surface area contributed by atoms with Crippen molar-refractivity contribution >= 4 is 5.69 Å². The molecule has 0 amide bonds.